The molecule has 1 aromatic rings. The Morgan fingerprint density at radius 3 is 2.62 bits per heavy atom. The lowest BCUT2D eigenvalue weighted by molar-refractivity contribution is -0.134. The molecule has 1 aromatic carbocycles. The summed E-state index contributed by atoms with van der Waals surface area (Å²) in [5.74, 6) is -0.278. The van der Waals surface area contributed by atoms with Gasteiger partial charge in [0.25, 0.3) is 0 Å². The lowest BCUT2D eigenvalue weighted by Crippen LogP contribution is -2.42. The summed E-state index contributed by atoms with van der Waals surface area (Å²) < 4.78 is 39.6. The lowest BCUT2D eigenvalue weighted by Gasteiger charge is -2.48. The predicted molar refractivity (Wildman–Crippen MR) is 161 cm³/mol. The number of hydrogen-bond acceptors (Lipinski definition) is 3. The molecule has 0 spiro atoms. The zero-order chi connectivity index (χ0) is 31.0. The second-order valence-corrected chi connectivity index (χ2v) is 11.8. The van der Waals surface area contributed by atoms with E-state index in [-0.39, 0.29) is 60.2 Å². The van der Waals surface area contributed by atoms with Crippen LogP contribution in [0.3, 0.4) is 0 Å². The molecule has 0 aliphatic heterocycles. The molecule has 212 valence electrons. The smallest absolute Gasteiger partial charge is 0.311 e. The van der Waals surface area contributed by atoms with Crippen molar-refractivity contribution in [1.29, 1.82) is 0 Å². The quantitative estimate of drug-likeness (QED) is 0.103. The maximum absolute atomic E-state index is 12.9. The standard InChI is InChI=1S/C36H50O3/c1-3-4-5-6-7-8-9-10-11-12-13-14-15-16-17-18-35(38)39-29-20-22-30-28(27-29)19-21-32-31(30)25-26-36(2)33(32)23-24-34(36)37/h4-5,7-8,10-11,20,22,27,31-33H,3,6,9,12-19,21,23-26H2,1-2H3/b5-4-,8-7-,11-10-/t31-,32-,33+,36+/m1/s1/i20D,24D2,27D. The van der Waals surface area contributed by atoms with E-state index >= 15 is 0 Å². The van der Waals surface area contributed by atoms with Gasteiger partial charge in [0, 0.05) is 21.0 Å². The summed E-state index contributed by atoms with van der Waals surface area (Å²) in [7, 11) is 0. The highest BCUT2D eigenvalue weighted by molar-refractivity contribution is 5.87. The van der Waals surface area contributed by atoms with Crippen molar-refractivity contribution < 1.29 is 19.8 Å². The molecule has 0 aromatic heterocycles. The van der Waals surface area contributed by atoms with Gasteiger partial charge in [-0.1, -0.05) is 75.6 Å². The average Bonchev–Trinajstić information content (AvgIpc) is 3.17. The van der Waals surface area contributed by atoms with Crippen molar-refractivity contribution in [2.24, 2.45) is 17.3 Å². The molecule has 4 rings (SSSR count). The number of carbonyl (C=O) groups is 2. The normalized spacial score (nSPS) is 29.1. The molecule has 0 heterocycles. The zero-order valence-corrected chi connectivity index (χ0v) is 24.1. The van der Waals surface area contributed by atoms with E-state index in [0.29, 0.717) is 12.8 Å². The third kappa shape index (κ3) is 7.83. The molecular formula is C36H50O3. The second-order valence-electron chi connectivity index (χ2n) is 11.8. The van der Waals surface area contributed by atoms with Gasteiger partial charge in [-0.05, 0) is 112 Å². The van der Waals surface area contributed by atoms with Crippen molar-refractivity contribution in [1.82, 2.24) is 0 Å². The number of allylic oxidation sites excluding steroid dienone is 6. The maximum Gasteiger partial charge on any atom is 0.311 e. The fourth-order valence-electron chi connectivity index (χ4n) is 6.89. The molecule has 0 bridgehead atoms. The van der Waals surface area contributed by atoms with E-state index in [2.05, 4.69) is 43.4 Å². The molecule has 39 heavy (non-hydrogen) atoms. The lowest BCUT2D eigenvalue weighted by atomic mass is 9.55. The summed E-state index contributed by atoms with van der Waals surface area (Å²) in [6.45, 7) is 4.08. The van der Waals surface area contributed by atoms with E-state index in [9.17, 15) is 9.59 Å². The SMILES string of the molecule is [2H]c1cc2c(c([2H])c1OC(=O)CCCCCCC/C=C\C/C=C\C/C=C\CC)CC[C@@H]1[C@@H]2CC[C@]2(C)C(=O)C([2H])([2H])C[C@@H]12. The van der Waals surface area contributed by atoms with Crippen molar-refractivity contribution in [2.75, 3.05) is 0 Å². The summed E-state index contributed by atoms with van der Waals surface area (Å²) in [5, 5.41) is 0. The third-order valence-corrected chi connectivity index (χ3v) is 9.17. The summed E-state index contributed by atoms with van der Waals surface area (Å²) in [4.78, 5) is 25.5. The van der Waals surface area contributed by atoms with Crippen LogP contribution in [-0.4, -0.2) is 11.8 Å². The minimum atomic E-state index is -1.77. The predicted octanol–water partition coefficient (Wildman–Crippen LogP) is 9.61. The summed E-state index contributed by atoms with van der Waals surface area (Å²) in [6, 6.07) is 1.99. The number of ether oxygens (including phenoxy) is 1. The zero-order valence-electron chi connectivity index (χ0n) is 28.1. The van der Waals surface area contributed by atoms with Crippen LogP contribution in [0.1, 0.15) is 133 Å². The van der Waals surface area contributed by atoms with Crippen LogP contribution in [0.15, 0.2) is 54.6 Å². The first-order valence-corrected chi connectivity index (χ1v) is 15.4. The molecule has 3 aliphatic carbocycles. The highest BCUT2D eigenvalue weighted by Gasteiger charge is 2.54. The van der Waals surface area contributed by atoms with Gasteiger partial charge in [-0.25, -0.2) is 0 Å². The van der Waals surface area contributed by atoms with Gasteiger partial charge >= 0.3 is 5.97 Å². The number of hydrogen-bond donors (Lipinski definition) is 0. The second kappa shape index (κ2) is 14.8. The molecule has 2 fully saturated rings. The molecule has 0 N–H and O–H groups in total. The van der Waals surface area contributed by atoms with Crippen LogP contribution in [0.25, 0.3) is 0 Å². The highest BCUT2D eigenvalue weighted by Crippen LogP contribution is 2.59. The van der Waals surface area contributed by atoms with E-state index in [1.165, 1.54) is 0 Å². The minimum Gasteiger partial charge on any atom is -0.427 e. The van der Waals surface area contributed by atoms with Crippen LogP contribution < -0.4 is 4.74 Å². The minimum absolute atomic E-state index is 0.00962. The number of esters is 1. The van der Waals surface area contributed by atoms with Gasteiger partial charge in [0.1, 0.15) is 11.5 Å². The van der Waals surface area contributed by atoms with Gasteiger partial charge < -0.3 is 4.74 Å². The van der Waals surface area contributed by atoms with Crippen LogP contribution in [0, 0.1) is 17.3 Å². The number of carbonyl (C=O) groups excluding carboxylic acids is 2. The third-order valence-electron chi connectivity index (χ3n) is 9.17. The average molecular weight is 535 g/mol. The van der Waals surface area contributed by atoms with Crippen LogP contribution in [0.5, 0.6) is 5.75 Å². The maximum atomic E-state index is 12.9. The van der Waals surface area contributed by atoms with Gasteiger partial charge in [-0.3, -0.25) is 9.59 Å². The number of rotatable bonds is 14. The Morgan fingerprint density at radius 2 is 1.79 bits per heavy atom. The molecule has 3 heteroatoms. The Hall–Kier alpha value is -2.42. The van der Waals surface area contributed by atoms with Gasteiger partial charge in [-0.2, -0.15) is 0 Å². The van der Waals surface area contributed by atoms with E-state index in [4.69, 9.17) is 10.2 Å². The number of fused-ring (bicyclic) bond motifs is 5. The molecule has 0 amide bonds. The van der Waals surface area contributed by atoms with Crippen LogP contribution >= 0.6 is 0 Å². The largest absolute Gasteiger partial charge is 0.427 e. The van der Waals surface area contributed by atoms with Crippen LogP contribution in [0.2, 0.25) is 0 Å². The molecule has 2 saturated carbocycles. The van der Waals surface area contributed by atoms with Crippen molar-refractivity contribution >= 4 is 11.8 Å². The van der Waals surface area contributed by atoms with E-state index in [0.717, 1.165) is 81.8 Å². The molecular weight excluding hydrogens is 480 g/mol. The van der Waals surface area contributed by atoms with Gasteiger partial charge in [0.2, 0.25) is 0 Å². The number of unbranched alkanes of at least 4 members (excludes halogenated alkanes) is 5. The molecule has 3 nitrogen and oxygen atoms in total. The fraction of sp³-hybridized carbons (Fsp3) is 0.611. The summed E-state index contributed by atoms with van der Waals surface area (Å²) >= 11 is 0. The number of ketones is 1. The van der Waals surface area contributed by atoms with Gasteiger partial charge in [-0.15, -0.1) is 0 Å². The van der Waals surface area contributed by atoms with Crippen LogP contribution in [-0.2, 0) is 16.0 Å². The van der Waals surface area contributed by atoms with Crippen molar-refractivity contribution in [3.05, 3.63) is 65.7 Å². The molecule has 0 saturated heterocycles. The summed E-state index contributed by atoms with van der Waals surface area (Å²) in [5.41, 5.74) is 1.20. The van der Waals surface area contributed by atoms with Gasteiger partial charge in [0.15, 0.2) is 0 Å². The Bertz CT molecular complexity index is 1230. The number of benzene rings is 1. The van der Waals surface area contributed by atoms with Gasteiger partial charge in [0.05, 0.1) is 2.74 Å². The monoisotopic (exact) mass is 534 g/mol. The van der Waals surface area contributed by atoms with E-state index in [1.807, 2.05) is 6.92 Å². The Balaban J connectivity index is 1.20. The fourth-order valence-corrected chi connectivity index (χ4v) is 6.89. The van der Waals surface area contributed by atoms with E-state index in [1.54, 1.807) is 6.07 Å². The summed E-state index contributed by atoms with van der Waals surface area (Å²) in [6.07, 6.45) is 24.1. The topological polar surface area (TPSA) is 43.4 Å². The number of Topliss-reactive ketones (excluding diaryl/α,β-unsaturated/α-hetero) is 1. The first-order valence-electron chi connectivity index (χ1n) is 17.4. The molecule has 0 unspecified atom stereocenters. The van der Waals surface area contributed by atoms with E-state index < -0.39 is 11.8 Å². The first kappa shape index (κ1) is 24.4. The molecule has 3 aliphatic rings. The highest BCUT2D eigenvalue weighted by atomic mass is 16.5. The Morgan fingerprint density at radius 1 is 1.05 bits per heavy atom. The molecule has 4 atom stereocenters. The van der Waals surface area contributed by atoms with Crippen molar-refractivity contribution in [2.45, 2.75) is 122 Å². The van der Waals surface area contributed by atoms with Crippen molar-refractivity contribution in [3.63, 3.8) is 0 Å². The van der Waals surface area contributed by atoms with Crippen LogP contribution in [0.4, 0.5) is 0 Å². The Kier molecular flexibility index (Phi) is 9.27. The first-order chi connectivity index (χ1) is 20.6. The Labute approximate surface area is 242 Å². The van der Waals surface area contributed by atoms with Crippen molar-refractivity contribution in [3.8, 4) is 5.75 Å². The molecule has 0 radical (unpaired) electrons.